The Labute approximate surface area is 85.7 Å². The molecule has 0 aromatic heterocycles. The highest BCUT2D eigenvalue weighted by molar-refractivity contribution is 4.84. The van der Waals surface area contributed by atoms with Gasteiger partial charge >= 0.3 is 0 Å². The van der Waals surface area contributed by atoms with Crippen molar-refractivity contribution in [2.24, 2.45) is 0 Å². The summed E-state index contributed by atoms with van der Waals surface area (Å²) in [5.41, 5.74) is 0. The van der Waals surface area contributed by atoms with Crippen LogP contribution < -0.4 is 0 Å². The monoisotopic (exact) mass is 200 g/mol. The zero-order valence-electron chi connectivity index (χ0n) is 9.03. The van der Waals surface area contributed by atoms with Crippen LogP contribution in [-0.4, -0.2) is 30.7 Å². The fourth-order valence-corrected chi connectivity index (χ4v) is 1.79. The third-order valence-corrected chi connectivity index (χ3v) is 2.66. The van der Waals surface area contributed by atoms with Crippen molar-refractivity contribution in [1.82, 2.24) is 0 Å². The van der Waals surface area contributed by atoms with Crippen molar-refractivity contribution in [1.29, 1.82) is 0 Å². The number of methoxy groups -OCH3 is 1. The summed E-state index contributed by atoms with van der Waals surface area (Å²) in [6.45, 7) is 2.58. The Morgan fingerprint density at radius 1 is 1.64 bits per heavy atom. The minimum Gasteiger partial charge on any atom is -0.393 e. The lowest BCUT2D eigenvalue weighted by molar-refractivity contribution is -0.262. The van der Waals surface area contributed by atoms with E-state index in [2.05, 4.69) is 6.08 Å². The number of allylic oxidation sites excluding steroid dienone is 2. The number of ether oxygens (including phenoxy) is 2. The molecule has 2 atom stereocenters. The van der Waals surface area contributed by atoms with E-state index in [1.165, 1.54) is 0 Å². The molecule has 0 amide bonds. The summed E-state index contributed by atoms with van der Waals surface area (Å²) in [7, 11) is 1.65. The minimum absolute atomic E-state index is 0.283. The standard InChI is InChI=1S/C11H20O3/c1-3-4-5-7-11(13-2)9-10(12)6-8-14-11/h3-4,10,12H,5-9H2,1-2H3/b4-3+/t10-,11-/m0/s1. The molecule has 0 unspecified atom stereocenters. The topological polar surface area (TPSA) is 38.7 Å². The summed E-state index contributed by atoms with van der Waals surface area (Å²) in [4.78, 5) is 0. The second-order valence-corrected chi connectivity index (χ2v) is 3.72. The first-order valence-corrected chi connectivity index (χ1v) is 5.21. The summed E-state index contributed by atoms with van der Waals surface area (Å²) in [6, 6.07) is 0. The molecule has 1 saturated heterocycles. The molecule has 1 heterocycles. The fourth-order valence-electron chi connectivity index (χ4n) is 1.79. The molecule has 0 spiro atoms. The Kier molecular flexibility index (Phi) is 4.58. The lowest BCUT2D eigenvalue weighted by Crippen LogP contribution is -2.43. The van der Waals surface area contributed by atoms with E-state index in [1.54, 1.807) is 7.11 Å². The van der Waals surface area contributed by atoms with Crippen LogP contribution in [-0.2, 0) is 9.47 Å². The Morgan fingerprint density at radius 3 is 3.00 bits per heavy atom. The van der Waals surface area contributed by atoms with Crippen LogP contribution in [0.25, 0.3) is 0 Å². The van der Waals surface area contributed by atoms with Crippen LogP contribution >= 0.6 is 0 Å². The smallest absolute Gasteiger partial charge is 0.170 e. The second kappa shape index (κ2) is 5.49. The van der Waals surface area contributed by atoms with Crippen LogP contribution in [0.1, 0.15) is 32.6 Å². The summed E-state index contributed by atoms with van der Waals surface area (Å²) < 4.78 is 11.0. The maximum Gasteiger partial charge on any atom is 0.170 e. The number of rotatable bonds is 4. The van der Waals surface area contributed by atoms with Crippen molar-refractivity contribution in [2.75, 3.05) is 13.7 Å². The van der Waals surface area contributed by atoms with Gasteiger partial charge in [-0.25, -0.2) is 0 Å². The Balaban J connectivity index is 2.47. The van der Waals surface area contributed by atoms with Crippen LogP contribution in [0.5, 0.6) is 0 Å². The minimum atomic E-state index is -0.558. The summed E-state index contributed by atoms with van der Waals surface area (Å²) in [5, 5.41) is 9.55. The van der Waals surface area contributed by atoms with Gasteiger partial charge in [0.15, 0.2) is 5.79 Å². The molecule has 1 N–H and O–H groups in total. The molecule has 1 aliphatic heterocycles. The molecule has 0 aliphatic carbocycles. The highest BCUT2D eigenvalue weighted by Gasteiger charge is 2.36. The van der Waals surface area contributed by atoms with Crippen molar-refractivity contribution in [2.45, 2.75) is 44.5 Å². The van der Waals surface area contributed by atoms with E-state index in [-0.39, 0.29) is 6.10 Å². The van der Waals surface area contributed by atoms with Crippen molar-refractivity contribution >= 4 is 0 Å². The Hall–Kier alpha value is -0.380. The van der Waals surface area contributed by atoms with Crippen LogP contribution in [0.3, 0.4) is 0 Å². The quantitative estimate of drug-likeness (QED) is 0.704. The summed E-state index contributed by atoms with van der Waals surface area (Å²) >= 11 is 0. The molecule has 0 bridgehead atoms. The lowest BCUT2D eigenvalue weighted by Gasteiger charge is -2.38. The first kappa shape index (κ1) is 11.7. The SMILES string of the molecule is C/C=C/CC[C@@]1(OC)C[C@@H](O)CCO1. The third-order valence-electron chi connectivity index (χ3n) is 2.66. The van der Waals surface area contributed by atoms with E-state index in [0.29, 0.717) is 19.4 Å². The number of aliphatic hydroxyl groups is 1. The van der Waals surface area contributed by atoms with Crippen LogP contribution in [0.15, 0.2) is 12.2 Å². The lowest BCUT2D eigenvalue weighted by atomic mass is 9.98. The van der Waals surface area contributed by atoms with Gasteiger partial charge in [-0.15, -0.1) is 0 Å². The zero-order chi connectivity index (χ0) is 10.4. The average Bonchev–Trinajstić information content (AvgIpc) is 2.18. The molecule has 14 heavy (non-hydrogen) atoms. The Morgan fingerprint density at radius 2 is 2.43 bits per heavy atom. The molecule has 0 radical (unpaired) electrons. The molecule has 1 aliphatic rings. The summed E-state index contributed by atoms with van der Waals surface area (Å²) in [6.07, 6.45) is 6.86. The first-order valence-electron chi connectivity index (χ1n) is 5.21. The largest absolute Gasteiger partial charge is 0.393 e. The van der Waals surface area contributed by atoms with Gasteiger partial charge in [0.2, 0.25) is 0 Å². The van der Waals surface area contributed by atoms with E-state index in [4.69, 9.17) is 9.47 Å². The molecular formula is C11H20O3. The van der Waals surface area contributed by atoms with E-state index in [0.717, 1.165) is 12.8 Å². The fraction of sp³-hybridized carbons (Fsp3) is 0.818. The normalized spacial score (nSPS) is 33.8. The highest BCUT2D eigenvalue weighted by Crippen LogP contribution is 2.30. The van der Waals surface area contributed by atoms with Gasteiger partial charge in [0, 0.05) is 20.0 Å². The molecule has 1 fully saturated rings. The highest BCUT2D eigenvalue weighted by atomic mass is 16.7. The van der Waals surface area contributed by atoms with E-state index in [1.807, 2.05) is 13.0 Å². The average molecular weight is 200 g/mol. The van der Waals surface area contributed by atoms with Gasteiger partial charge in [-0.3, -0.25) is 0 Å². The van der Waals surface area contributed by atoms with Gasteiger partial charge < -0.3 is 14.6 Å². The molecule has 3 heteroatoms. The molecule has 0 saturated carbocycles. The Bertz CT molecular complexity index is 191. The van der Waals surface area contributed by atoms with Gasteiger partial charge in [0.1, 0.15) is 0 Å². The number of hydrogen-bond donors (Lipinski definition) is 1. The van der Waals surface area contributed by atoms with Crippen LogP contribution in [0.2, 0.25) is 0 Å². The van der Waals surface area contributed by atoms with Gasteiger partial charge in [0.05, 0.1) is 12.7 Å². The van der Waals surface area contributed by atoms with Gasteiger partial charge in [0.25, 0.3) is 0 Å². The van der Waals surface area contributed by atoms with E-state index < -0.39 is 5.79 Å². The molecule has 1 rings (SSSR count). The summed E-state index contributed by atoms with van der Waals surface area (Å²) in [5.74, 6) is -0.558. The first-order chi connectivity index (χ1) is 6.72. The van der Waals surface area contributed by atoms with Crippen molar-refractivity contribution < 1.29 is 14.6 Å². The van der Waals surface area contributed by atoms with Crippen LogP contribution in [0.4, 0.5) is 0 Å². The molecule has 82 valence electrons. The van der Waals surface area contributed by atoms with E-state index in [9.17, 15) is 5.11 Å². The number of hydrogen-bond acceptors (Lipinski definition) is 3. The van der Waals surface area contributed by atoms with Crippen molar-refractivity contribution in [3.63, 3.8) is 0 Å². The molecule has 0 aromatic rings. The predicted molar refractivity (Wildman–Crippen MR) is 55.0 cm³/mol. The maximum absolute atomic E-state index is 9.55. The zero-order valence-corrected chi connectivity index (χ0v) is 9.03. The molecule has 3 nitrogen and oxygen atoms in total. The predicted octanol–water partition coefficient (Wildman–Crippen LogP) is 1.86. The molecule has 0 aromatic carbocycles. The van der Waals surface area contributed by atoms with Crippen molar-refractivity contribution in [3.8, 4) is 0 Å². The van der Waals surface area contributed by atoms with E-state index >= 15 is 0 Å². The maximum atomic E-state index is 9.55. The van der Waals surface area contributed by atoms with Crippen molar-refractivity contribution in [3.05, 3.63) is 12.2 Å². The second-order valence-electron chi connectivity index (χ2n) is 3.72. The third kappa shape index (κ3) is 3.08. The molecular weight excluding hydrogens is 180 g/mol. The van der Waals surface area contributed by atoms with Gasteiger partial charge in [-0.2, -0.15) is 0 Å². The van der Waals surface area contributed by atoms with Gasteiger partial charge in [-0.05, 0) is 19.8 Å². The number of aliphatic hydroxyl groups excluding tert-OH is 1. The van der Waals surface area contributed by atoms with Gasteiger partial charge in [-0.1, -0.05) is 12.2 Å². The van der Waals surface area contributed by atoms with Crippen LogP contribution in [0, 0.1) is 0 Å².